The smallest absolute Gasteiger partial charge is 0.162 e. The van der Waals surface area contributed by atoms with E-state index in [1.807, 2.05) is 48.7 Å². The largest absolute Gasteiger partial charge is 0.309 e. The average molecular weight is 587 g/mol. The van der Waals surface area contributed by atoms with Crippen LogP contribution >= 0.6 is 0 Å². The van der Waals surface area contributed by atoms with E-state index < -0.39 is 0 Å². The van der Waals surface area contributed by atoms with Gasteiger partial charge in [-0.3, -0.25) is 4.98 Å². The van der Waals surface area contributed by atoms with Crippen molar-refractivity contribution in [3.63, 3.8) is 0 Å². The summed E-state index contributed by atoms with van der Waals surface area (Å²) in [6.45, 7) is 13.7. The molecule has 0 aliphatic rings. The van der Waals surface area contributed by atoms with Crippen LogP contribution in [0, 0.1) is 0 Å². The molecule has 0 fully saturated rings. The maximum absolute atomic E-state index is 5.17. The van der Waals surface area contributed by atoms with E-state index in [-0.39, 0.29) is 10.8 Å². The highest BCUT2D eigenvalue weighted by atomic mass is 15.0. The molecule has 0 saturated carbocycles. The quantitative estimate of drug-likeness (QED) is 0.206. The molecule has 222 valence electrons. The molecule has 0 bridgehead atoms. The predicted octanol–water partition coefficient (Wildman–Crippen LogP) is 10.6. The molecule has 0 saturated heterocycles. The summed E-state index contributed by atoms with van der Waals surface area (Å²) in [6, 6.07) is 40.6. The van der Waals surface area contributed by atoms with Gasteiger partial charge < -0.3 is 4.57 Å². The summed E-state index contributed by atoms with van der Waals surface area (Å²) in [5, 5.41) is 2.51. The van der Waals surface area contributed by atoms with E-state index in [0.29, 0.717) is 5.82 Å². The second kappa shape index (κ2) is 10.8. The van der Waals surface area contributed by atoms with Gasteiger partial charge in [-0.25, -0.2) is 9.97 Å². The Kier molecular flexibility index (Phi) is 6.89. The molecule has 0 radical (unpaired) electrons. The SMILES string of the molecule is CC(C)(C)c1ccc2c(c1)c1cc(C(C)(C)C)ccc1n2-c1ccccc1-c1nc(-c2ccccc2)cc(-c2ccccn2)n1. The van der Waals surface area contributed by atoms with Gasteiger partial charge in [-0.2, -0.15) is 0 Å². The van der Waals surface area contributed by atoms with Gasteiger partial charge in [0.25, 0.3) is 0 Å². The van der Waals surface area contributed by atoms with E-state index in [0.717, 1.165) is 33.9 Å². The normalized spacial score (nSPS) is 12.2. The molecule has 4 nitrogen and oxygen atoms in total. The summed E-state index contributed by atoms with van der Waals surface area (Å²) < 4.78 is 2.39. The second-order valence-electron chi connectivity index (χ2n) is 13.9. The molecule has 0 aliphatic carbocycles. The first-order valence-electron chi connectivity index (χ1n) is 15.6. The van der Waals surface area contributed by atoms with Gasteiger partial charge in [-0.15, -0.1) is 0 Å². The highest BCUT2D eigenvalue weighted by Crippen LogP contribution is 2.39. The van der Waals surface area contributed by atoms with Crippen molar-refractivity contribution >= 4 is 21.8 Å². The minimum absolute atomic E-state index is 0.0375. The lowest BCUT2D eigenvalue weighted by atomic mass is 9.85. The van der Waals surface area contributed by atoms with E-state index in [9.17, 15) is 0 Å². The summed E-state index contributed by atoms with van der Waals surface area (Å²) in [6.07, 6.45) is 1.81. The molecule has 4 heteroatoms. The van der Waals surface area contributed by atoms with Crippen LogP contribution in [0.25, 0.3) is 61.5 Å². The van der Waals surface area contributed by atoms with Crippen LogP contribution < -0.4 is 0 Å². The van der Waals surface area contributed by atoms with Crippen molar-refractivity contribution in [2.75, 3.05) is 0 Å². The minimum atomic E-state index is 0.0375. The van der Waals surface area contributed by atoms with Gasteiger partial charge in [0.1, 0.15) is 0 Å². The van der Waals surface area contributed by atoms with Crippen LogP contribution in [0.3, 0.4) is 0 Å². The van der Waals surface area contributed by atoms with Crippen LogP contribution in [0.1, 0.15) is 52.7 Å². The Hall–Kier alpha value is -5.09. The second-order valence-corrected chi connectivity index (χ2v) is 13.9. The third kappa shape index (κ3) is 5.31. The van der Waals surface area contributed by atoms with Crippen molar-refractivity contribution in [1.82, 2.24) is 19.5 Å². The maximum atomic E-state index is 5.17. The molecular weight excluding hydrogens is 548 g/mol. The Balaban J connectivity index is 1.52. The first-order chi connectivity index (χ1) is 21.6. The van der Waals surface area contributed by atoms with Gasteiger partial charge in [0.15, 0.2) is 5.82 Å². The Labute approximate surface area is 265 Å². The zero-order chi connectivity index (χ0) is 31.3. The van der Waals surface area contributed by atoms with Crippen molar-refractivity contribution in [1.29, 1.82) is 0 Å². The first kappa shape index (κ1) is 28.7. The van der Waals surface area contributed by atoms with Crippen molar-refractivity contribution in [3.05, 3.63) is 133 Å². The van der Waals surface area contributed by atoms with Crippen LogP contribution in [0.5, 0.6) is 0 Å². The Morgan fingerprint density at radius 2 is 1.09 bits per heavy atom. The van der Waals surface area contributed by atoms with E-state index in [1.165, 1.54) is 32.9 Å². The van der Waals surface area contributed by atoms with Gasteiger partial charge in [-0.05, 0) is 76.6 Å². The standard InChI is InChI=1S/C41H38N4/c1-40(2,3)28-19-21-37-31(24-28)32-25-29(41(4,5)6)20-22-38(32)45(37)36-18-11-10-16-30(36)39-43-34(27-14-8-7-9-15-27)26-35(44-39)33-17-12-13-23-42-33/h7-26H,1-6H3. The minimum Gasteiger partial charge on any atom is -0.309 e. The Morgan fingerprint density at radius 1 is 0.511 bits per heavy atom. The molecule has 7 rings (SSSR count). The molecule has 0 amide bonds. The summed E-state index contributed by atoms with van der Waals surface area (Å²) >= 11 is 0. The summed E-state index contributed by atoms with van der Waals surface area (Å²) in [4.78, 5) is 14.9. The third-order valence-corrected chi connectivity index (χ3v) is 8.61. The van der Waals surface area contributed by atoms with E-state index in [2.05, 4.69) is 124 Å². The van der Waals surface area contributed by atoms with E-state index in [1.54, 1.807) is 0 Å². The Bertz CT molecular complexity index is 2030. The number of nitrogens with zero attached hydrogens (tertiary/aromatic N) is 4. The van der Waals surface area contributed by atoms with Crippen LogP contribution in [-0.4, -0.2) is 19.5 Å². The molecule has 0 spiro atoms. The lowest BCUT2D eigenvalue weighted by Gasteiger charge is -2.19. The van der Waals surface area contributed by atoms with Crippen LogP contribution in [0.15, 0.2) is 121 Å². The highest BCUT2D eigenvalue weighted by molar-refractivity contribution is 6.10. The topological polar surface area (TPSA) is 43.6 Å². The molecule has 0 N–H and O–H groups in total. The number of pyridine rings is 1. The van der Waals surface area contributed by atoms with E-state index in [4.69, 9.17) is 9.97 Å². The van der Waals surface area contributed by atoms with Gasteiger partial charge in [-0.1, -0.05) is 102 Å². The van der Waals surface area contributed by atoms with Gasteiger partial charge in [0.05, 0.1) is 33.8 Å². The fourth-order valence-electron chi connectivity index (χ4n) is 6.04. The number of hydrogen-bond donors (Lipinski definition) is 0. The first-order valence-corrected chi connectivity index (χ1v) is 15.6. The number of para-hydroxylation sites is 1. The maximum Gasteiger partial charge on any atom is 0.162 e. The van der Waals surface area contributed by atoms with Gasteiger partial charge in [0, 0.05) is 28.1 Å². The number of hydrogen-bond acceptors (Lipinski definition) is 3. The molecule has 45 heavy (non-hydrogen) atoms. The molecule has 7 aromatic rings. The third-order valence-electron chi connectivity index (χ3n) is 8.61. The number of rotatable bonds is 4. The number of aromatic nitrogens is 4. The molecule has 4 aromatic carbocycles. The average Bonchev–Trinajstić information content (AvgIpc) is 3.37. The molecular formula is C41H38N4. The monoisotopic (exact) mass is 586 g/mol. The summed E-state index contributed by atoms with van der Waals surface area (Å²) in [5.74, 6) is 0.667. The lowest BCUT2D eigenvalue weighted by Crippen LogP contribution is -2.10. The van der Waals surface area contributed by atoms with Gasteiger partial charge in [0.2, 0.25) is 0 Å². The zero-order valence-electron chi connectivity index (χ0n) is 26.8. The van der Waals surface area contributed by atoms with Gasteiger partial charge >= 0.3 is 0 Å². The lowest BCUT2D eigenvalue weighted by molar-refractivity contribution is 0.590. The zero-order valence-corrected chi connectivity index (χ0v) is 26.8. The molecule has 3 aromatic heterocycles. The number of fused-ring (bicyclic) bond motifs is 3. The summed E-state index contributed by atoms with van der Waals surface area (Å²) in [5.41, 5.74) is 10.6. The van der Waals surface area contributed by atoms with Crippen molar-refractivity contribution in [2.45, 2.75) is 52.4 Å². The molecule has 0 aliphatic heterocycles. The fourth-order valence-corrected chi connectivity index (χ4v) is 6.04. The van der Waals surface area contributed by atoms with Crippen molar-refractivity contribution < 1.29 is 0 Å². The van der Waals surface area contributed by atoms with Crippen molar-refractivity contribution in [2.24, 2.45) is 0 Å². The fraction of sp³-hybridized carbons (Fsp3) is 0.195. The molecule has 3 heterocycles. The predicted molar refractivity (Wildman–Crippen MR) is 188 cm³/mol. The molecule has 0 atom stereocenters. The van der Waals surface area contributed by atoms with Crippen LogP contribution in [0.2, 0.25) is 0 Å². The van der Waals surface area contributed by atoms with E-state index >= 15 is 0 Å². The number of benzene rings is 4. The van der Waals surface area contributed by atoms with Crippen molar-refractivity contribution in [3.8, 4) is 39.7 Å². The molecule has 0 unspecified atom stereocenters. The van der Waals surface area contributed by atoms with Crippen LogP contribution in [-0.2, 0) is 10.8 Å². The highest BCUT2D eigenvalue weighted by Gasteiger charge is 2.23. The van der Waals surface area contributed by atoms with Crippen LogP contribution in [0.4, 0.5) is 0 Å². The summed E-state index contributed by atoms with van der Waals surface area (Å²) in [7, 11) is 0. The Morgan fingerprint density at radius 3 is 1.69 bits per heavy atom.